The van der Waals surface area contributed by atoms with Crippen LogP contribution >= 0.6 is 0 Å². The maximum Gasteiger partial charge on any atom is 0.249 e. The number of nitrogens with zero attached hydrogens (tertiary/aromatic N) is 4. The van der Waals surface area contributed by atoms with Gasteiger partial charge in [-0.3, -0.25) is 14.5 Å². The maximum atomic E-state index is 14.3. The largest absolute Gasteiger partial charge is 0.493 e. The number of carbonyl (C=O) groups is 2. The van der Waals surface area contributed by atoms with Crippen LogP contribution in [0.3, 0.4) is 0 Å². The van der Waals surface area contributed by atoms with Crippen LogP contribution in [-0.2, 0) is 22.7 Å². The number of benzene rings is 4. The van der Waals surface area contributed by atoms with Gasteiger partial charge in [0.25, 0.3) is 0 Å². The fourth-order valence-corrected chi connectivity index (χ4v) is 4.82. The van der Waals surface area contributed by atoms with Gasteiger partial charge >= 0.3 is 0 Å². The highest BCUT2D eigenvalue weighted by molar-refractivity contribution is 6.02. The van der Waals surface area contributed by atoms with Crippen LogP contribution in [-0.4, -0.2) is 41.0 Å². The molecule has 5 rings (SSSR count). The lowest BCUT2D eigenvalue weighted by atomic mass is 9.98. The Labute approximate surface area is 238 Å². The standard InChI is InChI=1S/C32H31N5O4/c1-22-11-7-8-14-25(22)31(32(39)33-20-23-12-5-4-6-13-23)37(24-17-18-28(40-2)29(19-24)41-3)30(38)21-36-27-16-10-9-15-26(27)34-35-36/h4-19,31H,20-21H2,1-3H3,(H,33,39)/t31-/m1/s1. The first-order valence-corrected chi connectivity index (χ1v) is 13.2. The first kappa shape index (κ1) is 27.4. The number of hydrogen-bond donors (Lipinski definition) is 1. The van der Waals surface area contributed by atoms with Crippen LogP contribution in [0.1, 0.15) is 22.7 Å². The Morgan fingerprint density at radius 2 is 1.59 bits per heavy atom. The van der Waals surface area contributed by atoms with Crippen molar-refractivity contribution in [3.05, 3.63) is 114 Å². The monoisotopic (exact) mass is 549 g/mol. The summed E-state index contributed by atoms with van der Waals surface area (Å²) in [6.07, 6.45) is 0. The van der Waals surface area contributed by atoms with Crippen LogP contribution in [0, 0.1) is 6.92 Å². The molecule has 9 heteroatoms. The van der Waals surface area contributed by atoms with E-state index in [9.17, 15) is 9.59 Å². The first-order valence-electron chi connectivity index (χ1n) is 13.2. The molecular formula is C32H31N5O4. The molecule has 0 aliphatic heterocycles. The van der Waals surface area contributed by atoms with Gasteiger partial charge in [0.2, 0.25) is 11.8 Å². The van der Waals surface area contributed by atoms with Crippen molar-refractivity contribution >= 4 is 28.5 Å². The molecule has 4 aromatic carbocycles. The van der Waals surface area contributed by atoms with Gasteiger partial charge in [-0.05, 0) is 47.9 Å². The second-order valence-electron chi connectivity index (χ2n) is 9.50. The molecule has 0 aliphatic rings. The van der Waals surface area contributed by atoms with Crippen molar-refractivity contribution < 1.29 is 19.1 Å². The summed E-state index contributed by atoms with van der Waals surface area (Å²) in [5.74, 6) is 0.264. The quantitative estimate of drug-likeness (QED) is 0.268. The van der Waals surface area contributed by atoms with Crippen molar-refractivity contribution in [3.8, 4) is 11.5 Å². The van der Waals surface area contributed by atoms with Gasteiger partial charge in [0.05, 0.1) is 19.7 Å². The number of fused-ring (bicyclic) bond motifs is 1. The number of methoxy groups -OCH3 is 2. The number of aromatic nitrogens is 3. The van der Waals surface area contributed by atoms with Crippen LogP contribution in [0.25, 0.3) is 11.0 Å². The summed E-state index contributed by atoms with van der Waals surface area (Å²) < 4.78 is 12.5. The van der Waals surface area contributed by atoms with Gasteiger partial charge in [-0.2, -0.15) is 0 Å². The SMILES string of the molecule is COc1ccc(N(C(=O)Cn2nnc3ccccc32)[C@@H](C(=O)NCc2ccccc2)c2ccccc2C)cc1OC. The second-order valence-corrected chi connectivity index (χ2v) is 9.50. The number of anilines is 1. The Kier molecular flexibility index (Phi) is 8.24. The highest BCUT2D eigenvalue weighted by Gasteiger charge is 2.34. The number of hydrogen-bond acceptors (Lipinski definition) is 6. The molecule has 1 aromatic heterocycles. The third-order valence-electron chi connectivity index (χ3n) is 6.92. The molecule has 9 nitrogen and oxygen atoms in total. The minimum absolute atomic E-state index is 0.136. The molecule has 0 saturated carbocycles. The predicted molar refractivity (Wildman–Crippen MR) is 157 cm³/mol. The fraction of sp³-hybridized carbons (Fsp3) is 0.188. The Hall–Kier alpha value is -5.18. The summed E-state index contributed by atoms with van der Waals surface area (Å²) in [6, 6.07) is 28.8. The third-order valence-corrected chi connectivity index (χ3v) is 6.92. The number of ether oxygens (including phenoxy) is 2. The van der Waals surface area contributed by atoms with Crippen molar-refractivity contribution in [2.75, 3.05) is 19.1 Å². The molecule has 2 amide bonds. The van der Waals surface area contributed by atoms with Crippen molar-refractivity contribution in [1.82, 2.24) is 20.3 Å². The fourth-order valence-electron chi connectivity index (χ4n) is 4.82. The van der Waals surface area contributed by atoms with E-state index >= 15 is 0 Å². The number of para-hydroxylation sites is 1. The summed E-state index contributed by atoms with van der Waals surface area (Å²) in [4.78, 5) is 29.9. The zero-order chi connectivity index (χ0) is 28.8. The number of amides is 2. The molecule has 1 atom stereocenters. The van der Waals surface area contributed by atoms with Crippen LogP contribution in [0.4, 0.5) is 5.69 Å². The van der Waals surface area contributed by atoms with Gasteiger partial charge in [-0.15, -0.1) is 5.10 Å². The zero-order valence-corrected chi connectivity index (χ0v) is 23.2. The molecule has 5 aromatic rings. The first-order chi connectivity index (χ1) is 20.0. The van der Waals surface area contributed by atoms with E-state index in [0.29, 0.717) is 40.3 Å². The molecule has 0 saturated heterocycles. The minimum Gasteiger partial charge on any atom is -0.493 e. The Bertz CT molecular complexity index is 1670. The number of rotatable bonds is 10. The summed E-state index contributed by atoms with van der Waals surface area (Å²) in [5.41, 5.74) is 4.38. The molecule has 0 radical (unpaired) electrons. The van der Waals surface area contributed by atoms with E-state index < -0.39 is 6.04 Å². The summed E-state index contributed by atoms with van der Waals surface area (Å²) in [6.45, 7) is 2.10. The lowest BCUT2D eigenvalue weighted by Crippen LogP contribution is -2.45. The van der Waals surface area contributed by atoms with Gasteiger partial charge in [0, 0.05) is 18.3 Å². The molecule has 208 valence electrons. The lowest BCUT2D eigenvalue weighted by Gasteiger charge is -2.32. The van der Waals surface area contributed by atoms with Gasteiger partial charge < -0.3 is 14.8 Å². The predicted octanol–water partition coefficient (Wildman–Crippen LogP) is 4.85. The summed E-state index contributed by atoms with van der Waals surface area (Å²) in [5, 5.41) is 11.5. The van der Waals surface area contributed by atoms with Gasteiger partial charge in [0.1, 0.15) is 18.1 Å². The average molecular weight is 550 g/mol. The Morgan fingerprint density at radius 3 is 2.34 bits per heavy atom. The van der Waals surface area contributed by atoms with E-state index in [2.05, 4.69) is 15.6 Å². The maximum absolute atomic E-state index is 14.3. The van der Waals surface area contributed by atoms with E-state index in [4.69, 9.17) is 9.47 Å². The van der Waals surface area contributed by atoms with Crippen LogP contribution in [0.5, 0.6) is 11.5 Å². The van der Waals surface area contributed by atoms with E-state index in [-0.39, 0.29) is 18.4 Å². The Morgan fingerprint density at radius 1 is 0.878 bits per heavy atom. The van der Waals surface area contributed by atoms with Crippen molar-refractivity contribution in [2.45, 2.75) is 26.1 Å². The third kappa shape index (κ3) is 5.89. The Balaban J connectivity index is 1.61. The van der Waals surface area contributed by atoms with E-state index in [0.717, 1.165) is 11.1 Å². The van der Waals surface area contributed by atoms with Crippen LogP contribution in [0.15, 0.2) is 97.1 Å². The van der Waals surface area contributed by atoms with Crippen LogP contribution < -0.4 is 19.7 Å². The zero-order valence-electron chi connectivity index (χ0n) is 23.2. The summed E-state index contributed by atoms with van der Waals surface area (Å²) >= 11 is 0. The molecule has 0 aliphatic carbocycles. The number of carbonyl (C=O) groups excluding carboxylic acids is 2. The molecular weight excluding hydrogens is 518 g/mol. The molecule has 0 fully saturated rings. The second kappa shape index (κ2) is 12.3. The van der Waals surface area contributed by atoms with E-state index in [1.165, 1.54) is 12.0 Å². The van der Waals surface area contributed by atoms with Crippen LogP contribution in [0.2, 0.25) is 0 Å². The van der Waals surface area contributed by atoms with Gasteiger partial charge in [-0.25, -0.2) is 4.68 Å². The topological polar surface area (TPSA) is 98.6 Å². The smallest absolute Gasteiger partial charge is 0.249 e. The normalized spacial score (nSPS) is 11.6. The van der Waals surface area contributed by atoms with E-state index in [1.807, 2.05) is 85.8 Å². The molecule has 0 unspecified atom stereocenters. The van der Waals surface area contributed by atoms with Crippen molar-refractivity contribution in [3.63, 3.8) is 0 Å². The average Bonchev–Trinajstić information content (AvgIpc) is 3.41. The highest BCUT2D eigenvalue weighted by atomic mass is 16.5. The molecule has 41 heavy (non-hydrogen) atoms. The molecule has 1 N–H and O–H groups in total. The number of aryl methyl sites for hydroxylation is 1. The minimum atomic E-state index is -0.986. The highest BCUT2D eigenvalue weighted by Crippen LogP contribution is 2.36. The molecule has 1 heterocycles. The lowest BCUT2D eigenvalue weighted by molar-refractivity contribution is -0.127. The van der Waals surface area contributed by atoms with Crippen molar-refractivity contribution in [2.24, 2.45) is 0 Å². The van der Waals surface area contributed by atoms with Gasteiger partial charge in [-0.1, -0.05) is 71.9 Å². The van der Waals surface area contributed by atoms with E-state index in [1.54, 1.807) is 30.0 Å². The van der Waals surface area contributed by atoms with Crippen molar-refractivity contribution in [1.29, 1.82) is 0 Å². The number of nitrogens with one attached hydrogen (secondary N) is 1. The summed E-state index contributed by atoms with van der Waals surface area (Å²) in [7, 11) is 3.07. The molecule has 0 spiro atoms. The molecule has 0 bridgehead atoms. The van der Waals surface area contributed by atoms with Gasteiger partial charge in [0.15, 0.2) is 11.5 Å².